The van der Waals surface area contributed by atoms with Gasteiger partial charge in [0.1, 0.15) is 5.82 Å². The second-order valence-corrected chi connectivity index (χ2v) is 6.05. The summed E-state index contributed by atoms with van der Waals surface area (Å²) in [5.41, 5.74) is 1.67. The van der Waals surface area contributed by atoms with Gasteiger partial charge in [-0.25, -0.2) is 4.98 Å². The van der Waals surface area contributed by atoms with Crippen LogP contribution in [0.4, 0.5) is 5.82 Å². The monoisotopic (exact) mass is 300 g/mol. The minimum atomic E-state index is -0.433. The number of carbonyl (C=O) groups excluding carboxylic acids is 1. The van der Waals surface area contributed by atoms with Gasteiger partial charge in [-0.05, 0) is 49.1 Å². The van der Waals surface area contributed by atoms with E-state index < -0.39 is 5.41 Å². The fraction of sp³-hybridized carbons (Fsp3) is 0.294. The number of nitrogens with one attached hydrogen (secondary N) is 1. The van der Waals surface area contributed by atoms with E-state index in [4.69, 9.17) is 11.6 Å². The largest absolute Gasteiger partial charge is 0.310 e. The zero-order valence-corrected chi connectivity index (χ0v) is 12.7. The first-order valence-electron chi connectivity index (χ1n) is 7.10. The summed E-state index contributed by atoms with van der Waals surface area (Å²) >= 11 is 5.94. The van der Waals surface area contributed by atoms with Gasteiger partial charge in [-0.2, -0.15) is 0 Å². The predicted octanol–water partition coefficient (Wildman–Crippen LogP) is 4.10. The fourth-order valence-electron chi connectivity index (χ4n) is 2.72. The van der Waals surface area contributed by atoms with Gasteiger partial charge < -0.3 is 5.32 Å². The molecule has 1 aromatic heterocycles. The van der Waals surface area contributed by atoms with Gasteiger partial charge in [-0.15, -0.1) is 0 Å². The molecule has 1 heterocycles. The smallest absolute Gasteiger partial charge is 0.236 e. The second kappa shape index (κ2) is 5.49. The van der Waals surface area contributed by atoms with Crippen molar-refractivity contribution >= 4 is 23.3 Å². The number of halogens is 1. The Morgan fingerprint density at radius 2 is 1.90 bits per heavy atom. The summed E-state index contributed by atoms with van der Waals surface area (Å²) in [7, 11) is 0. The lowest BCUT2D eigenvalue weighted by atomic mass is 9.64. The average Bonchev–Trinajstić information content (AvgIpc) is 2.42. The van der Waals surface area contributed by atoms with Crippen molar-refractivity contribution in [1.29, 1.82) is 0 Å². The van der Waals surface area contributed by atoms with Crippen LogP contribution in [0.2, 0.25) is 5.02 Å². The lowest BCUT2D eigenvalue weighted by Crippen LogP contribution is -2.46. The van der Waals surface area contributed by atoms with Crippen molar-refractivity contribution in [3.63, 3.8) is 0 Å². The lowest BCUT2D eigenvalue weighted by Gasteiger charge is -2.40. The number of benzene rings is 1. The summed E-state index contributed by atoms with van der Waals surface area (Å²) in [6.07, 6.45) is 4.56. The standard InChI is InChI=1S/C17H17ClN2O/c1-12-3-8-15(19-11-12)20-16(21)17(9-2-10-17)13-4-6-14(18)7-5-13/h3-8,11H,2,9-10H2,1H3,(H,19,20,21). The Kier molecular flexibility index (Phi) is 3.68. The van der Waals surface area contributed by atoms with E-state index in [1.165, 1.54) is 0 Å². The van der Waals surface area contributed by atoms with Crippen molar-refractivity contribution in [3.8, 4) is 0 Å². The minimum Gasteiger partial charge on any atom is -0.310 e. The highest BCUT2D eigenvalue weighted by molar-refractivity contribution is 6.30. The van der Waals surface area contributed by atoms with E-state index in [1.807, 2.05) is 43.3 Å². The number of rotatable bonds is 3. The van der Waals surface area contributed by atoms with Crippen LogP contribution in [-0.4, -0.2) is 10.9 Å². The van der Waals surface area contributed by atoms with Crippen LogP contribution in [0.5, 0.6) is 0 Å². The number of aromatic nitrogens is 1. The molecule has 0 atom stereocenters. The third-order valence-corrected chi connectivity index (χ3v) is 4.44. The average molecular weight is 301 g/mol. The summed E-state index contributed by atoms with van der Waals surface area (Å²) in [6, 6.07) is 11.4. The van der Waals surface area contributed by atoms with Crippen LogP contribution in [0.3, 0.4) is 0 Å². The number of nitrogens with zero attached hydrogens (tertiary/aromatic N) is 1. The summed E-state index contributed by atoms with van der Waals surface area (Å²) in [5, 5.41) is 3.63. The lowest BCUT2D eigenvalue weighted by molar-refractivity contribution is -0.124. The van der Waals surface area contributed by atoms with Gasteiger partial charge in [0.15, 0.2) is 0 Å². The number of hydrogen-bond donors (Lipinski definition) is 1. The van der Waals surface area contributed by atoms with Gasteiger partial charge in [0.25, 0.3) is 0 Å². The molecule has 0 saturated heterocycles. The maximum absolute atomic E-state index is 12.7. The maximum Gasteiger partial charge on any atom is 0.236 e. The molecule has 1 saturated carbocycles. The number of pyridine rings is 1. The third-order valence-electron chi connectivity index (χ3n) is 4.19. The number of carbonyl (C=O) groups is 1. The molecule has 0 aliphatic heterocycles. The van der Waals surface area contributed by atoms with Crippen LogP contribution in [0.25, 0.3) is 0 Å². The predicted molar refractivity (Wildman–Crippen MR) is 84.6 cm³/mol. The van der Waals surface area contributed by atoms with Crippen molar-refractivity contribution < 1.29 is 4.79 Å². The Bertz CT molecular complexity index is 645. The number of aryl methyl sites for hydroxylation is 1. The Morgan fingerprint density at radius 1 is 1.19 bits per heavy atom. The number of amides is 1. The zero-order chi connectivity index (χ0) is 14.9. The van der Waals surface area contributed by atoms with Gasteiger partial charge in [0, 0.05) is 11.2 Å². The van der Waals surface area contributed by atoms with E-state index in [9.17, 15) is 4.79 Å². The molecular weight excluding hydrogens is 284 g/mol. The van der Waals surface area contributed by atoms with E-state index >= 15 is 0 Å². The molecule has 3 rings (SSSR count). The van der Waals surface area contributed by atoms with Gasteiger partial charge in [0.05, 0.1) is 5.41 Å². The first-order chi connectivity index (χ1) is 10.1. The molecular formula is C17H17ClN2O. The summed E-state index contributed by atoms with van der Waals surface area (Å²) in [4.78, 5) is 16.9. The van der Waals surface area contributed by atoms with Crippen LogP contribution in [0.15, 0.2) is 42.6 Å². The Morgan fingerprint density at radius 3 is 2.43 bits per heavy atom. The third kappa shape index (κ3) is 2.66. The van der Waals surface area contributed by atoms with Crippen molar-refractivity contribution in [2.24, 2.45) is 0 Å². The highest BCUT2D eigenvalue weighted by atomic mass is 35.5. The fourth-order valence-corrected chi connectivity index (χ4v) is 2.85. The molecule has 21 heavy (non-hydrogen) atoms. The van der Waals surface area contributed by atoms with Crippen LogP contribution < -0.4 is 5.32 Å². The normalized spacial score (nSPS) is 16.1. The van der Waals surface area contributed by atoms with Gasteiger partial charge in [-0.1, -0.05) is 36.2 Å². The van der Waals surface area contributed by atoms with Gasteiger partial charge in [0.2, 0.25) is 5.91 Å². The SMILES string of the molecule is Cc1ccc(NC(=O)C2(c3ccc(Cl)cc3)CCC2)nc1. The van der Waals surface area contributed by atoms with E-state index in [1.54, 1.807) is 6.20 Å². The van der Waals surface area contributed by atoms with E-state index in [0.29, 0.717) is 10.8 Å². The van der Waals surface area contributed by atoms with Crippen molar-refractivity contribution in [2.45, 2.75) is 31.6 Å². The first kappa shape index (κ1) is 14.1. The molecule has 1 aromatic carbocycles. The molecule has 1 N–H and O–H groups in total. The number of anilines is 1. The Balaban J connectivity index is 1.83. The van der Waals surface area contributed by atoms with Crippen LogP contribution in [0.1, 0.15) is 30.4 Å². The Labute approximate surface area is 129 Å². The topological polar surface area (TPSA) is 42.0 Å². The molecule has 1 aliphatic carbocycles. The van der Waals surface area contributed by atoms with Crippen LogP contribution >= 0.6 is 11.6 Å². The molecule has 108 valence electrons. The van der Waals surface area contributed by atoms with E-state index in [2.05, 4.69) is 10.3 Å². The van der Waals surface area contributed by atoms with E-state index in [-0.39, 0.29) is 5.91 Å². The molecule has 0 unspecified atom stereocenters. The molecule has 0 spiro atoms. The minimum absolute atomic E-state index is 0.0208. The number of hydrogen-bond acceptors (Lipinski definition) is 2. The molecule has 1 amide bonds. The molecule has 3 nitrogen and oxygen atoms in total. The molecule has 2 aromatic rings. The van der Waals surface area contributed by atoms with E-state index in [0.717, 1.165) is 30.4 Å². The molecule has 1 aliphatic rings. The molecule has 0 radical (unpaired) electrons. The second-order valence-electron chi connectivity index (χ2n) is 5.62. The van der Waals surface area contributed by atoms with Crippen LogP contribution in [-0.2, 0) is 10.2 Å². The Hall–Kier alpha value is -1.87. The molecule has 0 bridgehead atoms. The first-order valence-corrected chi connectivity index (χ1v) is 7.48. The summed E-state index contributed by atoms with van der Waals surface area (Å²) < 4.78 is 0. The summed E-state index contributed by atoms with van der Waals surface area (Å²) in [6.45, 7) is 1.97. The highest BCUT2D eigenvalue weighted by Gasteiger charge is 2.45. The maximum atomic E-state index is 12.7. The van der Waals surface area contributed by atoms with Crippen molar-refractivity contribution in [1.82, 2.24) is 4.98 Å². The molecule has 4 heteroatoms. The highest BCUT2D eigenvalue weighted by Crippen LogP contribution is 2.44. The van der Waals surface area contributed by atoms with Gasteiger partial charge >= 0.3 is 0 Å². The zero-order valence-electron chi connectivity index (χ0n) is 11.9. The quantitative estimate of drug-likeness (QED) is 0.927. The van der Waals surface area contributed by atoms with Crippen molar-refractivity contribution in [3.05, 3.63) is 58.7 Å². The molecule has 1 fully saturated rings. The van der Waals surface area contributed by atoms with Crippen LogP contribution in [0, 0.1) is 6.92 Å². The summed E-state index contributed by atoms with van der Waals surface area (Å²) in [5.74, 6) is 0.623. The van der Waals surface area contributed by atoms with Crippen molar-refractivity contribution in [2.75, 3.05) is 5.32 Å². The van der Waals surface area contributed by atoms with Gasteiger partial charge in [-0.3, -0.25) is 4.79 Å².